The molecule has 0 spiro atoms. The van der Waals surface area contributed by atoms with Crippen molar-refractivity contribution in [1.29, 1.82) is 0 Å². The summed E-state index contributed by atoms with van der Waals surface area (Å²) in [7, 11) is 0. The molecule has 1 saturated heterocycles. The number of ether oxygens (including phenoxy) is 9. The summed E-state index contributed by atoms with van der Waals surface area (Å²) in [4.78, 5) is 85.2. The van der Waals surface area contributed by atoms with E-state index < -0.39 is 48.2 Å². The maximum absolute atomic E-state index is 13.2. The molecule has 6 amide bonds. The molecule has 1 aromatic rings. The number of hydrogen-bond acceptors (Lipinski definition) is 16. The van der Waals surface area contributed by atoms with Gasteiger partial charge in [0.1, 0.15) is 19.3 Å². The summed E-state index contributed by atoms with van der Waals surface area (Å²) < 4.78 is 48.3. The van der Waals surface area contributed by atoms with Crippen LogP contribution in [0.1, 0.15) is 59.2 Å². The minimum atomic E-state index is -1.14. The van der Waals surface area contributed by atoms with E-state index in [4.69, 9.17) is 43.0 Å². The van der Waals surface area contributed by atoms with E-state index >= 15 is 0 Å². The van der Waals surface area contributed by atoms with Gasteiger partial charge >= 0.3 is 5.97 Å². The third-order valence-corrected chi connectivity index (χ3v) is 8.57. The highest BCUT2D eigenvalue weighted by Crippen LogP contribution is 2.32. The van der Waals surface area contributed by atoms with Crippen LogP contribution in [0.3, 0.4) is 0 Å². The van der Waals surface area contributed by atoms with Gasteiger partial charge in [0.15, 0.2) is 0 Å². The zero-order valence-electron chi connectivity index (χ0n) is 33.9. The maximum atomic E-state index is 13.2. The second-order valence-corrected chi connectivity index (χ2v) is 13.2. The maximum Gasteiger partial charge on any atom is 0.329 e. The molecule has 2 aliphatic heterocycles. The smallest absolute Gasteiger partial charge is 0.329 e. The van der Waals surface area contributed by atoms with Gasteiger partial charge in [0.05, 0.1) is 116 Å². The van der Waals surface area contributed by atoms with Gasteiger partial charge in [-0.2, -0.15) is 0 Å². The van der Waals surface area contributed by atoms with Crippen molar-refractivity contribution in [3.05, 3.63) is 29.3 Å². The van der Waals surface area contributed by atoms with Gasteiger partial charge in [-0.25, -0.2) is 4.79 Å². The molecule has 1 fully saturated rings. The first-order chi connectivity index (χ1) is 29.2. The first-order valence-electron chi connectivity index (χ1n) is 20.0. The minimum absolute atomic E-state index is 0.0213. The first-order valence-corrected chi connectivity index (χ1v) is 20.0. The Balaban J connectivity index is 1.01. The predicted octanol–water partition coefficient (Wildman–Crippen LogP) is -0.0631. The van der Waals surface area contributed by atoms with E-state index in [0.717, 1.165) is 17.7 Å². The number of unbranched alkanes of at least 4 members (excludes halogenated alkanes) is 2. The van der Waals surface area contributed by atoms with Crippen molar-refractivity contribution in [2.75, 3.05) is 131 Å². The molecule has 0 saturated carbocycles. The van der Waals surface area contributed by atoms with Gasteiger partial charge in [0.2, 0.25) is 23.6 Å². The molecule has 1 unspecified atom stereocenters. The Morgan fingerprint density at radius 3 is 1.70 bits per heavy atom. The molecule has 21 heteroatoms. The van der Waals surface area contributed by atoms with E-state index in [1.54, 1.807) is 12.1 Å². The monoisotopic (exact) mass is 854 g/mol. The fraction of sp³-hybridized carbons (Fsp3) is 0.667. The Kier molecular flexibility index (Phi) is 25.4. The van der Waals surface area contributed by atoms with Crippen molar-refractivity contribution in [3.63, 3.8) is 0 Å². The van der Waals surface area contributed by atoms with Gasteiger partial charge < -0.3 is 58.4 Å². The summed E-state index contributed by atoms with van der Waals surface area (Å²) in [6.45, 7) is 6.14. The molecule has 2 aliphatic rings. The number of carboxylic acid groups (broad SMARTS) is 1. The summed E-state index contributed by atoms with van der Waals surface area (Å²) >= 11 is 0. The topological polar surface area (TPSA) is 262 Å². The van der Waals surface area contributed by atoms with Crippen LogP contribution in [-0.2, 0) is 66.6 Å². The summed E-state index contributed by atoms with van der Waals surface area (Å²) in [5.74, 6) is -4.30. The quantitative estimate of drug-likeness (QED) is 0.0509. The molecule has 3 rings (SSSR count). The summed E-state index contributed by atoms with van der Waals surface area (Å²) in [6.07, 6.45) is 2.39. The van der Waals surface area contributed by atoms with Crippen LogP contribution in [0.5, 0.6) is 0 Å². The van der Waals surface area contributed by atoms with Gasteiger partial charge in [-0.1, -0.05) is 12.5 Å². The number of nitrogens with one attached hydrogen (secondary N) is 3. The Hall–Kier alpha value is -4.45. The summed E-state index contributed by atoms with van der Waals surface area (Å²) in [5, 5.41) is 15.9. The number of rotatable bonds is 36. The zero-order chi connectivity index (χ0) is 43.2. The Morgan fingerprint density at radius 1 is 0.633 bits per heavy atom. The standard InChI is InChI=1S/C39H58N4O17/c44-32(41-30-6-4-5-29-36(30)39(51)43(38(29)50)31-8-9-33(45)42-37(31)49)7-2-1-3-11-52-13-15-54-17-19-56-21-23-58-25-26-59-24-22-57-20-18-55-16-14-53-12-10-40-34(46)27-60-28-35(47)48/h4-6,31H,1-3,7-28H2,(H,40,46)(H,41,44)(H,47,48)(H,42,45,49). The predicted molar refractivity (Wildman–Crippen MR) is 208 cm³/mol. The van der Waals surface area contributed by atoms with Gasteiger partial charge in [0, 0.05) is 26.0 Å². The van der Waals surface area contributed by atoms with Crippen LogP contribution >= 0.6 is 0 Å². The second kappa shape index (κ2) is 30.6. The molecular weight excluding hydrogens is 796 g/mol. The van der Waals surface area contributed by atoms with Crippen LogP contribution in [0.2, 0.25) is 0 Å². The molecule has 0 radical (unpaired) electrons. The van der Waals surface area contributed by atoms with Crippen LogP contribution in [0.4, 0.5) is 5.69 Å². The van der Waals surface area contributed by atoms with Crippen molar-refractivity contribution in [2.45, 2.75) is 44.6 Å². The van der Waals surface area contributed by atoms with Crippen LogP contribution in [0.15, 0.2) is 18.2 Å². The number of aliphatic carboxylic acids is 1. The molecule has 4 N–H and O–H groups in total. The van der Waals surface area contributed by atoms with Gasteiger partial charge in [0.25, 0.3) is 11.8 Å². The van der Waals surface area contributed by atoms with Crippen molar-refractivity contribution in [1.82, 2.24) is 15.5 Å². The van der Waals surface area contributed by atoms with E-state index in [1.807, 2.05) is 0 Å². The van der Waals surface area contributed by atoms with E-state index in [1.165, 1.54) is 6.07 Å². The number of anilines is 1. The van der Waals surface area contributed by atoms with Crippen molar-refractivity contribution >= 4 is 47.1 Å². The number of hydrogen-bond donors (Lipinski definition) is 4. The fourth-order valence-corrected chi connectivity index (χ4v) is 5.68. The molecule has 0 bridgehead atoms. The molecule has 0 aliphatic carbocycles. The molecule has 60 heavy (non-hydrogen) atoms. The molecule has 1 atom stereocenters. The Labute approximate surface area is 348 Å². The summed E-state index contributed by atoms with van der Waals surface area (Å²) in [6, 6.07) is 3.50. The number of fused-ring (bicyclic) bond motifs is 1. The molecule has 0 aromatic heterocycles. The third kappa shape index (κ3) is 20.2. The molecule has 336 valence electrons. The zero-order valence-corrected chi connectivity index (χ0v) is 33.9. The lowest BCUT2D eigenvalue weighted by Gasteiger charge is -2.27. The molecular formula is C39H58N4O17. The van der Waals surface area contributed by atoms with E-state index in [2.05, 4.69) is 20.7 Å². The Morgan fingerprint density at radius 2 is 1.17 bits per heavy atom. The van der Waals surface area contributed by atoms with Gasteiger partial charge in [-0.15, -0.1) is 0 Å². The van der Waals surface area contributed by atoms with E-state index in [-0.39, 0.29) is 55.1 Å². The third-order valence-electron chi connectivity index (χ3n) is 8.57. The highest BCUT2D eigenvalue weighted by Gasteiger charge is 2.45. The van der Waals surface area contributed by atoms with Crippen LogP contribution in [-0.4, -0.2) is 183 Å². The van der Waals surface area contributed by atoms with Gasteiger partial charge in [-0.05, 0) is 31.4 Å². The number of benzene rings is 1. The minimum Gasteiger partial charge on any atom is -0.480 e. The number of amides is 6. The number of nitrogens with zero attached hydrogens (tertiary/aromatic N) is 1. The van der Waals surface area contributed by atoms with Crippen molar-refractivity contribution < 1.29 is 81.3 Å². The number of carbonyl (C=O) groups is 7. The average molecular weight is 855 g/mol. The highest BCUT2D eigenvalue weighted by molar-refractivity contribution is 6.26. The highest BCUT2D eigenvalue weighted by atomic mass is 16.6. The molecule has 2 heterocycles. The lowest BCUT2D eigenvalue weighted by molar-refractivity contribution is -0.143. The fourth-order valence-electron chi connectivity index (χ4n) is 5.68. The number of carboxylic acids is 1. The van der Waals surface area contributed by atoms with Crippen molar-refractivity contribution in [2.24, 2.45) is 0 Å². The SMILES string of the molecule is O=C(O)COCC(=O)NCCOCCOCCOCCOCCOCCOCCOCCOCCCCCC(=O)Nc1cccc2c1C(=O)N(C1CCC(=O)NC1=O)C2=O. The molecule has 21 nitrogen and oxygen atoms in total. The van der Waals surface area contributed by atoms with Crippen LogP contribution in [0, 0.1) is 0 Å². The van der Waals surface area contributed by atoms with E-state index in [0.29, 0.717) is 112 Å². The van der Waals surface area contributed by atoms with Gasteiger partial charge in [-0.3, -0.25) is 39.0 Å². The number of piperidine rings is 1. The largest absolute Gasteiger partial charge is 0.480 e. The Bertz CT molecular complexity index is 1510. The normalized spacial score (nSPS) is 15.0. The average Bonchev–Trinajstić information content (AvgIpc) is 3.47. The second-order valence-electron chi connectivity index (χ2n) is 13.2. The van der Waals surface area contributed by atoms with Crippen LogP contribution in [0.25, 0.3) is 0 Å². The van der Waals surface area contributed by atoms with Crippen LogP contribution < -0.4 is 16.0 Å². The first kappa shape index (κ1) is 49.9. The number of imide groups is 2. The van der Waals surface area contributed by atoms with E-state index in [9.17, 15) is 33.6 Å². The lowest BCUT2D eigenvalue weighted by atomic mass is 10.0. The molecule has 1 aromatic carbocycles. The van der Waals surface area contributed by atoms with Crippen molar-refractivity contribution in [3.8, 4) is 0 Å². The summed E-state index contributed by atoms with van der Waals surface area (Å²) in [5.41, 5.74) is 0.356. The number of carbonyl (C=O) groups excluding carboxylic acids is 6. The lowest BCUT2D eigenvalue weighted by Crippen LogP contribution is -2.54.